The van der Waals surface area contributed by atoms with Gasteiger partial charge in [0.2, 0.25) is 5.91 Å². The van der Waals surface area contributed by atoms with Crippen LogP contribution in [0.2, 0.25) is 0 Å². The van der Waals surface area contributed by atoms with Gasteiger partial charge in [0.1, 0.15) is 5.52 Å². The van der Waals surface area contributed by atoms with Crippen LogP contribution in [0.3, 0.4) is 0 Å². The number of aromatic nitrogens is 1. The van der Waals surface area contributed by atoms with Gasteiger partial charge in [-0.1, -0.05) is 36.4 Å². The quantitative estimate of drug-likeness (QED) is 0.668. The predicted octanol–water partition coefficient (Wildman–Crippen LogP) is 4.29. The largest absolute Gasteiger partial charge is 0.440 e. The van der Waals surface area contributed by atoms with E-state index in [1.54, 1.807) is 0 Å². The first kappa shape index (κ1) is 18.4. The molecule has 0 radical (unpaired) electrons. The van der Waals surface area contributed by atoms with Crippen LogP contribution >= 0.6 is 0 Å². The Hall–Kier alpha value is -2.66. The van der Waals surface area contributed by atoms with E-state index >= 15 is 0 Å². The van der Waals surface area contributed by atoms with E-state index in [1.807, 2.05) is 29.2 Å². The summed E-state index contributed by atoms with van der Waals surface area (Å²) in [5, 5.41) is 0. The minimum absolute atomic E-state index is 0.266. The molecule has 2 unspecified atom stereocenters. The van der Waals surface area contributed by atoms with Crippen molar-refractivity contribution >= 4 is 17.0 Å². The lowest BCUT2D eigenvalue weighted by Gasteiger charge is -2.34. The molecule has 29 heavy (non-hydrogen) atoms. The van der Waals surface area contributed by atoms with Gasteiger partial charge in [0.15, 0.2) is 11.5 Å². The van der Waals surface area contributed by atoms with Crippen LogP contribution in [0.15, 0.2) is 52.9 Å². The summed E-state index contributed by atoms with van der Waals surface area (Å²) in [6, 6.07) is 16.4. The SMILES string of the molecule is Cc1ccccc1C1CC(=O)N(CN2CCCC(c3nc4ccccc4o3)C2)C1. The number of aryl methyl sites for hydroxylation is 1. The van der Waals surface area contributed by atoms with Gasteiger partial charge >= 0.3 is 0 Å². The minimum atomic E-state index is 0.266. The molecule has 0 saturated carbocycles. The zero-order valence-corrected chi connectivity index (χ0v) is 16.9. The summed E-state index contributed by atoms with van der Waals surface area (Å²) >= 11 is 0. The van der Waals surface area contributed by atoms with Gasteiger partial charge in [-0.2, -0.15) is 0 Å². The second-order valence-electron chi connectivity index (χ2n) is 8.45. The maximum absolute atomic E-state index is 12.7. The van der Waals surface area contributed by atoms with Crippen LogP contribution in [0.1, 0.15) is 48.1 Å². The molecule has 150 valence electrons. The lowest BCUT2D eigenvalue weighted by Crippen LogP contribution is -2.43. The van der Waals surface area contributed by atoms with Crippen LogP contribution in [0.4, 0.5) is 0 Å². The number of carbonyl (C=O) groups excluding carboxylic acids is 1. The molecule has 1 amide bonds. The lowest BCUT2D eigenvalue weighted by molar-refractivity contribution is -0.129. The van der Waals surface area contributed by atoms with Gasteiger partial charge in [0, 0.05) is 31.3 Å². The molecular weight excluding hydrogens is 362 g/mol. The van der Waals surface area contributed by atoms with Crippen molar-refractivity contribution in [3.63, 3.8) is 0 Å². The summed E-state index contributed by atoms with van der Waals surface area (Å²) in [6.45, 7) is 5.57. The van der Waals surface area contributed by atoms with Gasteiger partial charge in [0.05, 0.1) is 6.67 Å². The number of para-hydroxylation sites is 2. The molecule has 3 aromatic rings. The zero-order chi connectivity index (χ0) is 19.8. The molecule has 2 aliphatic rings. The Morgan fingerprint density at radius 2 is 1.90 bits per heavy atom. The fourth-order valence-electron chi connectivity index (χ4n) is 4.85. The van der Waals surface area contributed by atoms with E-state index in [0.29, 0.717) is 24.9 Å². The molecule has 5 rings (SSSR count). The number of piperidine rings is 1. The summed E-state index contributed by atoms with van der Waals surface area (Å²) < 4.78 is 6.02. The molecule has 2 fully saturated rings. The molecule has 2 atom stereocenters. The van der Waals surface area contributed by atoms with Gasteiger partial charge < -0.3 is 9.32 Å². The van der Waals surface area contributed by atoms with Crippen molar-refractivity contribution in [2.45, 2.75) is 38.0 Å². The number of fused-ring (bicyclic) bond motifs is 1. The number of hydrogen-bond donors (Lipinski definition) is 0. The van der Waals surface area contributed by atoms with Crippen molar-refractivity contribution in [3.8, 4) is 0 Å². The van der Waals surface area contributed by atoms with Crippen molar-refractivity contribution in [1.29, 1.82) is 0 Å². The van der Waals surface area contributed by atoms with Gasteiger partial charge in [-0.15, -0.1) is 0 Å². The summed E-state index contributed by atoms with van der Waals surface area (Å²) in [7, 11) is 0. The summed E-state index contributed by atoms with van der Waals surface area (Å²) in [4.78, 5) is 21.8. The number of carbonyl (C=O) groups is 1. The average molecular weight is 389 g/mol. The van der Waals surface area contributed by atoms with Crippen molar-refractivity contribution in [1.82, 2.24) is 14.8 Å². The van der Waals surface area contributed by atoms with Crippen LogP contribution in [0.5, 0.6) is 0 Å². The Morgan fingerprint density at radius 1 is 1.07 bits per heavy atom. The number of hydrogen-bond acceptors (Lipinski definition) is 4. The topological polar surface area (TPSA) is 49.6 Å². The molecule has 1 aromatic heterocycles. The highest BCUT2D eigenvalue weighted by atomic mass is 16.3. The number of amides is 1. The standard InChI is InChI=1S/C24H27N3O2/c1-17-7-2-3-9-20(17)19-13-23(28)27(15-19)16-26-12-6-8-18(14-26)24-25-21-10-4-5-11-22(21)29-24/h2-5,7,9-11,18-19H,6,8,12-16H2,1H3. The van der Waals surface area contributed by atoms with Gasteiger partial charge in [-0.05, 0) is 49.6 Å². The van der Waals surface area contributed by atoms with Crippen LogP contribution in [-0.4, -0.2) is 47.0 Å². The van der Waals surface area contributed by atoms with Gasteiger partial charge in [-0.25, -0.2) is 4.98 Å². The molecular formula is C24H27N3O2. The average Bonchev–Trinajstić information content (AvgIpc) is 3.32. The highest BCUT2D eigenvalue weighted by Gasteiger charge is 2.34. The van der Waals surface area contributed by atoms with Crippen molar-refractivity contribution in [2.24, 2.45) is 0 Å². The molecule has 0 bridgehead atoms. The Kier molecular flexibility index (Phi) is 4.84. The van der Waals surface area contributed by atoms with E-state index in [-0.39, 0.29) is 5.91 Å². The third-order valence-corrected chi connectivity index (χ3v) is 6.38. The third-order valence-electron chi connectivity index (χ3n) is 6.38. The minimum Gasteiger partial charge on any atom is -0.440 e. The first-order chi connectivity index (χ1) is 14.2. The van der Waals surface area contributed by atoms with Crippen molar-refractivity contribution in [3.05, 3.63) is 65.5 Å². The molecule has 2 aliphatic heterocycles. The lowest BCUT2D eigenvalue weighted by atomic mass is 9.94. The molecule has 0 aliphatic carbocycles. The molecule has 2 saturated heterocycles. The second kappa shape index (κ2) is 7.64. The molecule has 2 aromatic carbocycles. The van der Waals surface area contributed by atoms with Crippen LogP contribution in [0.25, 0.3) is 11.1 Å². The Labute approximate surface area is 171 Å². The second-order valence-corrected chi connectivity index (χ2v) is 8.45. The van der Waals surface area contributed by atoms with Gasteiger partial charge in [-0.3, -0.25) is 9.69 Å². The van der Waals surface area contributed by atoms with Crippen molar-refractivity contribution in [2.75, 3.05) is 26.3 Å². The van der Waals surface area contributed by atoms with Crippen LogP contribution < -0.4 is 0 Å². The third kappa shape index (κ3) is 3.67. The molecule has 5 nitrogen and oxygen atoms in total. The summed E-state index contributed by atoms with van der Waals surface area (Å²) in [6.07, 6.45) is 2.81. The first-order valence-electron chi connectivity index (χ1n) is 10.6. The highest BCUT2D eigenvalue weighted by molar-refractivity contribution is 5.79. The maximum Gasteiger partial charge on any atom is 0.224 e. The molecule has 0 N–H and O–H groups in total. The maximum atomic E-state index is 12.7. The Morgan fingerprint density at radius 3 is 2.76 bits per heavy atom. The fraction of sp³-hybridized carbons (Fsp3) is 0.417. The number of oxazole rings is 1. The molecule has 5 heteroatoms. The van der Waals surface area contributed by atoms with E-state index in [9.17, 15) is 4.79 Å². The van der Waals surface area contributed by atoms with E-state index in [2.05, 4.69) is 36.1 Å². The van der Waals surface area contributed by atoms with Gasteiger partial charge in [0.25, 0.3) is 0 Å². The smallest absolute Gasteiger partial charge is 0.224 e. The van der Waals surface area contributed by atoms with E-state index < -0.39 is 0 Å². The number of benzene rings is 2. The fourth-order valence-corrected chi connectivity index (χ4v) is 4.85. The Bertz CT molecular complexity index is 995. The van der Waals surface area contributed by atoms with E-state index in [0.717, 1.165) is 49.5 Å². The van der Waals surface area contributed by atoms with E-state index in [4.69, 9.17) is 9.40 Å². The highest BCUT2D eigenvalue weighted by Crippen LogP contribution is 2.32. The van der Waals surface area contributed by atoms with Crippen LogP contribution in [0, 0.1) is 6.92 Å². The number of nitrogens with zero attached hydrogens (tertiary/aromatic N) is 3. The monoisotopic (exact) mass is 389 g/mol. The number of likely N-dealkylation sites (tertiary alicyclic amines) is 2. The summed E-state index contributed by atoms with van der Waals surface area (Å²) in [5.41, 5.74) is 4.37. The summed E-state index contributed by atoms with van der Waals surface area (Å²) in [5.74, 6) is 1.70. The first-order valence-corrected chi connectivity index (χ1v) is 10.6. The molecule has 3 heterocycles. The normalized spacial score (nSPS) is 23.2. The predicted molar refractivity (Wildman–Crippen MR) is 113 cm³/mol. The van der Waals surface area contributed by atoms with E-state index in [1.165, 1.54) is 11.1 Å². The Balaban J connectivity index is 1.26. The number of rotatable bonds is 4. The van der Waals surface area contributed by atoms with Crippen LogP contribution in [-0.2, 0) is 4.79 Å². The van der Waals surface area contributed by atoms with Crippen molar-refractivity contribution < 1.29 is 9.21 Å². The molecule has 0 spiro atoms. The zero-order valence-electron chi connectivity index (χ0n) is 16.9.